The normalized spacial score (nSPS) is 11.6. The van der Waals surface area contributed by atoms with Gasteiger partial charge in [0.1, 0.15) is 5.75 Å². The summed E-state index contributed by atoms with van der Waals surface area (Å²) >= 11 is 5.98. The summed E-state index contributed by atoms with van der Waals surface area (Å²) in [6.45, 7) is 2.78. The Labute approximate surface area is 102 Å². The van der Waals surface area contributed by atoms with Crippen LogP contribution in [0.1, 0.15) is 25.3 Å². The van der Waals surface area contributed by atoms with Crippen LogP contribution < -0.4 is 10.5 Å². The zero-order valence-electron chi connectivity index (χ0n) is 9.79. The van der Waals surface area contributed by atoms with Crippen LogP contribution in [0.2, 0.25) is 5.02 Å². The van der Waals surface area contributed by atoms with Gasteiger partial charge in [0.25, 0.3) is 0 Å². The summed E-state index contributed by atoms with van der Waals surface area (Å²) in [7, 11) is 1.67. The van der Waals surface area contributed by atoms with Crippen molar-refractivity contribution >= 4 is 17.2 Å². The molecule has 16 heavy (non-hydrogen) atoms. The summed E-state index contributed by atoms with van der Waals surface area (Å²) in [5, 5.41) is 0.724. The molecule has 2 nitrogen and oxygen atoms in total. The van der Waals surface area contributed by atoms with Crippen LogP contribution >= 0.6 is 11.6 Å². The molecule has 0 fully saturated rings. The smallest absolute Gasteiger partial charge is 0.126 e. The van der Waals surface area contributed by atoms with E-state index in [4.69, 9.17) is 22.1 Å². The fourth-order valence-corrected chi connectivity index (χ4v) is 1.71. The Morgan fingerprint density at radius 3 is 2.88 bits per heavy atom. The van der Waals surface area contributed by atoms with E-state index >= 15 is 0 Å². The first-order valence-electron chi connectivity index (χ1n) is 5.39. The molecule has 0 aliphatic carbocycles. The molecule has 0 spiro atoms. The summed E-state index contributed by atoms with van der Waals surface area (Å²) < 4.78 is 5.30. The zero-order chi connectivity index (χ0) is 12.0. The van der Waals surface area contributed by atoms with Crippen molar-refractivity contribution < 1.29 is 4.74 Å². The van der Waals surface area contributed by atoms with Crippen molar-refractivity contribution in [2.45, 2.75) is 19.8 Å². The van der Waals surface area contributed by atoms with Crippen molar-refractivity contribution in [1.82, 2.24) is 0 Å². The van der Waals surface area contributed by atoms with Gasteiger partial charge in [-0.1, -0.05) is 17.7 Å². The maximum atomic E-state index is 5.98. The van der Waals surface area contributed by atoms with E-state index in [2.05, 4.69) is 13.0 Å². The zero-order valence-corrected chi connectivity index (χ0v) is 10.6. The Morgan fingerprint density at radius 1 is 1.50 bits per heavy atom. The van der Waals surface area contributed by atoms with Crippen molar-refractivity contribution in [2.24, 2.45) is 5.73 Å². The monoisotopic (exact) mass is 239 g/mol. The molecule has 0 saturated heterocycles. The van der Waals surface area contributed by atoms with E-state index in [1.165, 1.54) is 5.57 Å². The minimum absolute atomic E-state index is 0.719. The van der Waals surface area contributed by atoms with E-state index in [0.717, 1.165) is 35.7 Å². The number of methoxy groups -OCH3 is 1. The Bertz CT molecular complexity index is 374. The third-order valence-electron chi connectivity index (χ3n) is 2.45. The van der Waals surface area contributed by atoms with Crippen LogP contribution in [0.25, 0.3) is 5.57 Å². The third-order valence-corrected chi connectivity index (χ3v) is 2.68. The molecule has 0 amide bonds. The van der Waals surface area contributed by atoms with Gasteiger partial charge >= 0.3 is 0 Å². The average Bonchev–Trinajstić information content (AvgIpc) is 2.29. The van der Waals surface area contributed by atoms with Crippen molar-refractivity contribution in [1.29, 1.82) is 0 Å². The van der Waals surface area contributed by atoms with Gasteiger partial charge in [-0.25, -0.2) is 0 Å². The van der Waals surface area contributed by atoms with E-state index in [-0.39, 0.29) is 0 Å². The number of allylic oxidation sites excluding steroid dienone is 2. The second kappa shape index (κ2) is 6.56. The van der Waals surface area contributed by atoms with Crippen LogP contribution in [0.15, 0.2) is 24.3 Å². The molecule has 0 unspecified atom stereocenters. The molecule has 2 N–H and O–H groups in total. The van der Waals surface area contributed by atoms with Crippen LogP contribution in [-0.4, -0.2) is 13.7 Å². The Morgan fingerprint density at radius 2 is 2.25 bits per heavy atom. The highest BCUT2D eigenvalue weighted by atomic mass is 35.5. The highest BCUT2D eigenvalue weighted by molar-refractivity contribution is 6.30. The molecular formula is C13H18ClNO. The maximum Gasteiger partial charge on any atom is 0.126 e. The van der Waals surface area contributed by atoms with Gasteiger partial charge in [-0.05, 0) is 50.1 Å². The number of hydrogen-bond donors (Lipinski definition) is 1. The predicted octanol–water partition coefficient (Wildman–Crippen LogP) is 3.49. The van der Waals surface area contributed by atoms with Gasteiger partial charge in [0.2, 0.25) is 0 Å². The minimum atomic E-state index is 0.719. The molecule has 0 aliphatic heterocycles. The quantitative estimate of drug-likeness (QED) is 0.799. The molecular weight excluding hydrogens is 222 g/mol. The fourth-order valence-electron chi connectivity index (χ4n) is 1.53. The molecule has 0 heterocycles. The molecule has 1 rings (SSSR count). The molecule has 3 heteroatoms. The largest absolute Gasteiger partial charge is 0.496 e. The summed E-state index contributed by atoms with van der Waals surface area (Å²) in [6, 6.07) is 5.64. The molecule has 0 radical (unpaired) electrons. The predicted molar refractivity (Wildman–Crippen MR) is 69.9 cm³/mol. The first-order chi connectivity index (χ1) is 7.69. The van der Waals surface area contributed by atoms with Crippen molar-refractivity contribution in [3.8, 4) is 5.75 Å². The molecule has 0 saturated carbocycles. The van der Waals surface area contributed by atoms with E-state index in [1.807, 2.05) is 18.2 Å². The fraction of sp³-hybridized carbons (Fsp3) is 0.385. The summed E-state index contributed by atoms with van der Waals surface area (Å²) in [4.78, 5) is 0. The summed E-state index contributed by atoms with van der Waals surface area (Å²) in [6.07, 6.45) is 4.15. The number of benzene rings is 1. The van der Waals surface area contributed by atoms with Gasteiger partial charge in [-0.2, -0.15) is 0 Å². The Balaban J connectivity index is 2.92. The topological polar surface area (TPSA) is 35.2 Å². The molecule has 0 aliphatic rings. The van der Waals surface area contributed by atoms with Crippen LogP contribution in [0.3, 0.4) is 0 Å². The SMILES string of the molecule is COc1ccc(Cl)cc1/C(C)=C/CCCN. The van der Waals surface area contributed by atoms with Crippen molar-refractivity contribution in [2.75, 3.05) is 13.7 Å². The number of halogens is 1. The average molecular weight is 240 g/mol. The van der Waals surface area contributed by atoms with Crippen LogP contribution in [0, 0.1) is 0 Å². The minimum Gasteiger partial charge on any atom is -0.496 e. The highest BCUT2D eigenvalue weighted by Gasteiger charge is 2.05. The van der Waals surface area contributed by atoms with Crippen LogP contribution in [-0.2, 0) is 0 Å². The lowest BCUT2D eigenvalue weighted by atomic mass is 10.0. The van der Waals surface area contributed by atoms with E-state index in [1.54, 1.807) is 7.11 Å². The molecule has 0 aromatic heterocycles. The Kier molecular flexibility index (Phi) is 5.36. The van der Waals surface area contributed by atoms with Crippen molar-refractivity contribution in [3.05, 3.63) is 34.9 Å². The second-order valence-electron chi connectivity index (χ2n) is 3.66. The number of unbranched alkanes of at least 4 members (excludes halogenated alkanes) is 1. The van der Waals surface area contributed by atoms with Gasteiger partial charge in [0.15, 0.2) is 0 Å². The van der Waals surface area contributed by atoms with Crippen LogP contribution in [0.4, 0.5) is 0 Å². The van der Waals surface area contributed by atoms with E-state index in [9.17, 15) is 0 Å². The molecule has 0 atom stereocenters. The Hall–Kier alpha value is -0.990. The summed E-state index contributed by atoms with van der Waals surface area (Å²) in [5.74, 6) is 0.853. The van der Waals surface area contributed by atoms with Gasteiger partial charge in [0.05, 0.1) is 7.11 Å². The van der Waals surface area contributed by atoms with Gasteiger partial charge < -0.3 is 10.5 Å². The first-order valence-corrected chi connectivity index (χ1v) is 5.77. The van der Waals surface area contributed by atoms with Crippen molar-refractivity contribution in [3.63, 3.8) is 0 Å². The van der Waals surface area contributed by atoms with E-state index < -0.39 is 0 Å². The lowest BCUT2D eigenvalue weighted by molar-refractivity contribution is 0.413. The van der Waals surface area contributed by atoms with E-state index in [0.29, 0.717) is 0 Å². The number of nitrogens with two attached hydrogens (primary N) is 1. The second-order valence-corrected chi connectivity index (χ2v) is 4.10. The maximum absolute atomic E-state index is 5.98. The number of hydrogen-bond acceptors (Lipinski definition) is 2. The standard InChI is InChI=1S/C13H18ClNO/c1-10(5-3-4-8-15)12-9-11(14)6-7-13(12)16-2/h5-7,9H,3-4,8,15H2,1-2H3/b10-5+. The lowest BCUT2D eigenvalue weighted by Gasteiger charge is -2.09. The molecule has 1 aromatic carbocycles. The molecule has 0 bridgehead atoms. The molecule has 1 aromatic rings. The van der Waals surface area contributed by atoms with Gasteiger partial charge in [0, 0.05) is 10.6 Å². The third kappa shape index (κ3) is 3.54. The highest BCUT2D eigenvalue weighted by Crippen LogP contribution is 2.29. The first kappa shape index (κ1) is 13.1. The lowest BCUT2D eigenvalue weighted by Crippen LogP contribution is -1.97. The number of ether oxygens (including phenoxy) is 1. The summed E-state index contributed by atoms with van der Waals surface area (Å²) in [5.41, 5.74) is 7.68. The van der Waals surface area contributed by atoms with Crippen LogP contribution in [0.5, 0.6) is 5.75 Å². The number of rotatable bonds is 5. The van der Waals surface area contributed by atoms with Gasteiger partial charge in [-0.3, -0.25) is 0 Å². The molecule has 88 valence electrons. The van der Waals surface area contributed by atoms with Gasteiger partial charge in [-0.15, -0.1) is 0 Å².